The molecule has 92 valence electrons. The van der Waals surface area contributed by atoms with Crippen LogP contribution in [0.4, 0.5) is 0 Å². The zero-order valence-electron chi connectivity index (χ0n) is 11.8. The molecule has 0 heterocycles. The first-order valence-corrected chi connectivity index (χ1v) is 12.6. The zero-order valence-corrected chi connectivity index (χ0v) is 14.0. The Bertz CT molecular complexity index is 176. The molecule has 1 nitrogen and oxygen atoms in total. The standard InChI is InChI=1S/C12H30OSi2/c1-8-9-10-15(6,7)11-12(2,3)13-14(4)5/h14H,8-11H2,1-7H3. The molecule has 0 N–H and O–H groups in total. The van der Waals surface area contributed by atoms with Gasteiger partial charge in [-0.25, -0.2) is 0 Å². The molecule has 0 unspecified atom stereocenters. The van der Waals surface area contributed by atoms with Gasteiger partial charge in [0.05, 0.1) is 8.07 Å². The molecule has 0 fully saturated rings. The summed E-state index contributed by atoms with van der Waals surface area (Å²) >= 11 is 0. The SMILES string of the molecule is CCCC[Si](C)(C)CC(C)(C)O[SiH](C)C. The van der Waals surface area contributed by atoms with Crippen LogP contribution < -0.4 is 0 Å². The van der Waals surface area contributed by atoms with E-state index in [4.69, 9.17) is 4.43 Å². The third-order valence-electron chi connectivity index (χ3n) is 2.67. The molecule has 0 aromatic rings. The van der Waals surface area contributed by atoms with Gasteiger partial charge in [0.1, 0.15) is 0 Å². The lowest BCUT2D eigenvalue weighted by atomic mass is 10.2. The van der Waals surface area contributed by atoms with E-state index in [0.717, 1.165) is 0 Å². The van der Waals surface area contributed by atoms with Gasteiger partial charge in [0.25, 0.3) is 0 Å². The minimum absolute atomic E-state index is 0.129. The van der Waals surface area contributed by atoms with Crippen LogP contribution in [0.3, 0.4) is 0 Å². The van der Waals surface area contributed by atoms with Crippen LogP contribution in [-0.2, 0) is 4.43 Å². The quantitative estimate of drug-likeness (QED) is 0.610. The van der Waals surface area contributed by atoms with Crippen molar-refractivity contribution in [3.63, 3.8) is 0 Å². The monoisotopic (exact) mass is 246 g/mol. The normalized spacial score (nSPS) is 13.6. The van der Waals surface area contributed by atoms with E-state index in [9.17, 15) is 0 Å². The third-order valence-corrected chi connectivity index (χ3v) is 7.29. The topological polar surface area (TPSA) is 9.23 Å². The van der Waals surface area contributed by atoms with Crippen molar-refractivity contribution in [2.45, 2.75) is 77.5 Å². The van der Waals surface area contributed by atoms with Gasteiger partial charge in [0.2, 0.25) is 0 Å². The lowest BCUT2D eigenvalue weighted by Gasteiger charge is -2.35. The smallest absolute Gasteiger partial charge is 0.171 e. The number of hydrogen-bond donors (Lipinski definition) is 0. The molecular weight excluding hydrogens is 216 g/mol. The van der Waals surface area contributed by atoms with Gasteiger partial charge in [-0.2, -0.15) is 0 Å². The van der Waals surface area contributed by atoms with E-state index < -0.39 is 17.1 Å². The van der Waals surface area contributed by atoms with Crippen LogP contribution in [-0.4, -0.2) is 22.7 Å². The predicted molar refractivity (Wildman–Crippen MR) is 76.0 cm³/mol. The van der Waals surface area contributed by atoms with Crippen LogP contribution in [0.2, 0.25) is 38.3 Å². The number of unbranched alkanes of at least 4 members (excludes halogenated alkanes) is 1. The van der Waals surface area contributed by atoms with Gasteiger partial charge >= 0.3 is 0 Å². The second-order valence-electron chi connectivity index (χ2n) is 6.37. The summed E-state index contributed by atoms with van der Waals surface area (Å²) in [6.45, 7) is 16.4. The molecule has 15 heavy (non-hydrogen) atoms. The summed E-state index contributed by atoms with van der Waals surface area (Å²) in [5.41, 5.74) is 0.129. The van der Waals surface area contributed by atoms with Gasteiger partial charge in [-0.3, -0.25) is 0 Å². The molecule has 0 aromatic carbocycles. The highest BCUT2D eigenvalue weighted by Gasteiger charge is 2.30. The van der Waals surface area contributed by atoms with E-state index in [0.29, 0.717) is 0 Å². The Morgan fingerprint density at radius 1 is 1.20 bits per heavy atom. The summed E-state index contributed by atoms with van der Waals surface area (Å²) in [7, 11) is -1.92. The van der Waals surface area contributed by atoms with E-state index in [1.165, 1.54) is 24.9 Å². The lowest BCUT2D eigenvalue weighted by molar-refractivity contribution is 0.130. The van der Waals surface area contributed by atoms with E-state index in [1.54, 1.807) is 0 Å². The van der Waals surface area contributed by atoms with Crippen LogP contribution in [0.5, 0.6) is 0 Å². The molecule has 0 spiro atoms. The molecule has 0 rings (SSSR count). The highest BCUT2D eigenvalue weighted by atomic mass is 28.3. The maximum Gasteiger partial charge on any atom is 0.171 e. The fourth-order valence-corrected chi connectivity index (χ4v) is 7.98. The van der Waals surface area contributed by atoms with E-state index >= 15 is 0 Å². The lowest BCUT2D eigenvalue weighted by Crippen LogP contribution is -2.40. The van der Waals surface area contributed by atoms with Crippen LogP contribution >= 0.6 is 0 Å². The van der Waals surface area contributed by atoms with Gasteiger partial charge in [-0.1, -0.05) is 38.9 Å². The van der Waals surface area contributed by atoms with Crippen LogP contribution in [0, 0.1) is 0 Å². The van der Waals surface area contributed by atoms with Gasteiger partial charge in [0, 0.05) is 5.60 Å². The van der Waals surface area contributed by atoms with Crippen molar-refractivity contribution in [2.75, 3.05) is 0 Å². The molecule has 0 bridgehead atoms. The Hall–Kier alpha value is 0.394. The molecule has 0 saturated heterocycles. The van der Waals surface area contributed by atoms with Crippen molar-refractivity contribution in [1.29, 1.82) is 0 Å². The molecule has 0 atom stereocenters. The molecule has 0 aliphatic carbocycles. The Morgan fingerprint density at radius 2 is 1.73 bits per heavy atom. The predicted octanol–water partition coefficient (Wildman–Crippen LogP) is 4.27. The maximum absolute atomic E-state index is 6.13. The second-order valence-corrected chi connectivity index (χ2v) is 13.9. The number of rotatable bonds is 7. The summed E-state index contributed by atoms with van der Waals surface area (Å²) in [4.78, 5) is 0. The number of hydrogen-bond acceptors (Lipinski definition) is 1. The van der Waals surface area contributed by atoms with Gasteiger partial charge in [-0.15, -0.1) is 0 Å². The van der Waals surface area contributed by atoms with Crippen LogP contribution in [0.1, 0.15) is 33.6 Å². The molecule has 0 radical (unpaired) electrons. The maximum atomic E-state index is 6.13. The van der Waals surface area contributed by atoms with Crippen molar-refractivity contribution in [2.24, 2.45) is 0 Å². The second kappa shape index (κ2) is 6.21. The molecule has 0 aliphatic rings. The Morgan fingerprint density at radius 3 is 2.13 bits per heavy atom. The fourth-order valence-electron chi connectivity index (χ4n) is 2.58. The van der Waals surface area contributed by atoms with E-state index in [-0.39, 0.29) is 5.60 Å². The molecule has 0 aromatic heterocycles. The average molecular weight is 247 g/mol. The highest BCUT2D eigenvalue weighted by Crippen LogP contribution is 2.28. The van der Waals surface area contributed by atoms with Crippen LogP contribution in [0.25, 0.3) is 0 Å². The van der Waals surface area contributed by atoms with Crippen LogP contribution in [0.15, 0.2) is 0 Å². The molecule has 0 saturated carbocycles. The van der Waals surface area contributed by atoms with Crippen molar-refractivity contribution in [3.05, 3.63) is 0 Å². The first-order valence-electron chi connectivity index (χ1n) is 6.36. The summed E-state index contributed by atoms with van der Waals surface area (Å²) in [6, 6.07) is 2.77. The summed E-state index contributed by atoms with van der Waals surface area (Å²) in [6.07, 6.45) is 2.73. The fraction of sp³-hybridized carbons (Fsp3) is 1.00. The van der Waals surface area contributed by atoms with Crippen molar-refractivity contribution in [1.82, 2.24) is 0 Å². The van der Waals surface area contributed by atoms with E-state index in [2.05, 4.69) is 47.0 Å². The van der Waals surface area contributed by atoms with Gasteiger partial charge in [0.15, 0.2) is 9.04 Å². The first kappa shape index (κ1) is 15.4. The summed E-state index contributed by atoms with van der Waals surface area (Å²) in [5.74, 6) is 0. The summed E-state index contributed by atoms with van der Waals surface area (Å²) in [5, 5.41) is 0. The summed E-state index contributed by atoms with van der Waals surface area (Å²) < 4.78 is 6.13. The highest BCUT2D eigenvalue weighted by molar-refractivity contribution is 6.77. The van der Waals surface area contributed by atoms with E-state index in [1.807, 2.05) is 0 Å². The van der Waals surface area contributed by atoms with Crippen molar-refractivity contribution in [3.8, 4) is 0 Å². The average Bonchev–Trinajstić information content (AvgIpc) is 1.95. The Labute approximate surface area is 99.3 Å². The minimum Gasteiger partial charge on any atom is -0.416 e. The molecule has 3 heteroatoms. The Balaban J connectivity index is 4.16. The minimum atomic E-state index is -1.03. The molecular formula is C12H30OSi2. The first-order chi connectivity index (χ1) is 6.68. The molecule has 0 amide bonds. The van der Waals surface area contributed by atoms with Crippen molar-refractivity contribution < 1.29 is 4.43 Å². The van der Waals surface area contributed by atoms with Crippen molar-refractivity contribution >= 4 is 17.1 Å². The third kappa shape index (κ3) is 8.23. The van der Waals surface area contributed by atoms with Gasteiger partial charge in [-0.05, 0) is 33.0 Å². The zero-order chi connectivity index (χ0) is 12.1. The Kier molecular flexibility index (Phi) is 6.37. The van der Waals surface area contributed by atoms with Gasteiger partial charge < -0.3 is 4.43 Å². The molecule has 0 aliphatic heterocycles. The largest absolute Gasteiger partial charge is 0.416 e.